The molecule has 0 aliphatic carbocycles. The van der Waals surface area contributed by atoms with E-state index < -0.39 is 14.1 Å². The maximum absolute atomic E-state index is 13.4. The van der Waals surface area contributed by atoms with Crippen molar-refractivity contribution in [3.63, 3.8) is 0 Å². The van der Waals surface area contributed by atoms with E-state index in [0.29, 0.717) is 16.4 Å². The van der Waals surface area contributed by atoms with E-state index in [1.54, 1.807) is 43.5 Å². The van der Waals surface area contributed by atoms with Gasteiger partial charge in [0, 0.05) is 7.92 Å². The zero-order valence-corrected chi connectivity index (χ0v) is 11.7. The second-order valence-corrected chi connectivity index (χ2v) is 6.34. The monoisotopic (exact) mass is 280 g/mol. The van der Waals surface area contributed by atoms with E-state index in [9.17, 15) is 8.78 Å². The van der Waals surface area contributed by atoms with E-state index in [1.807, 2.05) is 19.1 Å². The molecule has 0 aliphatic rings. The molecule has 0 aliphatic heterocycles. The molecule has 0 fully saturated rings. The lowest BCUT2D eigenvalue weighted by Crippen LogP contribution is -2.16. The van der Waals surface area contributed by atoms with Gasteiger partial charge in [-0.1, -0.05) is 42.0 Å². The first kappa shape index (κ1) is 14.0. The van der Waals surface area contributed by atoms with Gasteiger partial charge in [-0.3, -0.25) is 0 Å². The maximum atomic E-state index is 13.4. The summed E-state index contributed by atoms with van der Waals surface area (Å²) in [4.78, 5) is 0. The summed E-state index contributed by atoms with van der Waals surface area (Å²) in [6, 6.07) is 14.2. The highest BCUT2D eigenvalue weighted by atomic mass is 31.1. The molecule has 19 heavy (non-hydrogen) atoms. The van der Waals surface area contributed by atoms with Crippen LogP contribution < -0.4 is 15.3 Å². The molecule has 0 spiro atoms. The number of alkyl halides is 2. The second kappa shape index (κ2) is 6.12. The van der Waals surface area contributed by atoms with Crippen molar-refractivity contribution in [3.8, 4) is 5.75 Å². The molecule has 0 radical (unpaired) electrons. The molecule has 0 bridgehead atoms. The number of ether oxygens (including phenoxy) is 1. The Morgan fingerprint density at radius 2 is 1.37 bits per heavy atom. The molecule has 0 N–H and O–H groups in total. The van der Waals surface area contributed by atoms with Crippen LogP contribution in [0.1, 0.15) is 5.56 Å². The summed E-state index contributed by atoms with van der Waals surface area (Å²) in [5, 5.41) is 1.36. The number of halogens is 2. The molecule has 0 saturated heterocycles. The first-order valence-corrected chi connectivity index (χ1v) is 7.31. The van der Waals surface area contributed by atoms with E-state index in [0.717, 1.165) is 5.56 Å². The van der Waals surface area contributed by atoms with Gasteiger partial charge in [-0.2, -0.15) is 0 Å². The van der Waals surface area contributed by atoms with E-state index in [-0.39, 0.29) is 0 Å². The molecule has 1 nitrogen and oxygen atoms in total. The van der Waals surface area contributed by atoms with Crippen molar-refractivity contribution in [2.75, 3.05) is 7.11 Å². The average Bonchev–Trinajstić information content (AvgIpc) is 2.42. The first-order chi connectivity index (χ1) is 9.11. The molecule has 4 heteroatoms. The van der Waals surface area contributed by atoms with Gasteiger partial charge < -0.3 is 4.74 Å². The molecule has 0 amide bonds. The molecule has 2 rings (SSSR count). The van der Waals surface area contributed by atoms with Crippen LogP contribution in [0, 0.1) is 6.92 Å². The quantitative estimate of drug-likeness (QED) is 0.777. The summed E-state index contributed by atoms with van der Waals surface area (Å²) >= 11 is 0. The predicted octanol–water partition coefficient (Wildman–Crippen LogP) is 3.66. The van der Waals surface area contributed by atoms with Gasteiger partial charge in [0.05, 0.1) is 7.11 Å². The zero-order valence-electron chi connectivity index (χ0n) is 10.8. The van der Waals surface area contributed by atoms with E-state index >= 15 is 0 Å². The van der Waals surface area contributed by atoms with E-state index in [4.69, 9.17) is 4.74 Å². The fourth-order valence-electron chi connectivity index (χ4n) is 1.82. The largest absolute Gasteiger partial charge is 0.497 e. The standard InChI is InChI=1S/C15H15F2OP/c1-11-3-7-13(8-4-11)19(15(16)17)14-9-5-12(18-2)6-10-14/h3-10,15H,1-2H3. The van der Waals surface area contributed by atoms with Crippen molar-refractivity contribution >= 4 is 18.5 Å². The first-order valence-electron chi connectivity index (χ1n) is 5.90. The van der Waals surface area contributed by atoms with Crippen LogP contribution in [0.3, 0.4) is 0 Å². The van der Waals surface area contributed by atoms with Gasteiger partial charge in [-0.15, -0.1) is 0 Å². The van der Waals surface area contributed by atoms with Crippen LogP contribution in [0.5, 0.6) is 5.75 Å². The Labute approximate surface area is 113 Å². The van der Waals surface area contributed by atoms with Crippen molar-refractivity contribution in [2.24, 2.45) is 0 Å². The minimum atomic E-state index is -2.37. The highest BCUT2D eigenvalue weighted by Gasteiger charge is 2.23. The van der Waals surface area contributed by atoms with Gasteiger partial charge in [0.25, 0.3) is 6.17 Å². The molecule has 0 saturated carbocycles. The normalized spacial score (nSPS) is 12.5. The molecular formula is C15H15F2OP. The van der Waals surface area contributed by atoms with Crippen LogP contribution in [0.4, 0.5) is 8.78 Å². The van der Waals surface area contributed by atoms with Crippen molar-refractivity contribution in [1.82, 2.24) is 0 Å². The molecule has 2 aromatic rings. The van der Waals surface area contributed by atoms with E-state index in [2.05, 4.69) is 0 Å². The Morgan fingerprint density at radius 3 is 1.79 bits per heavy atom. The lowest BCUT2D eigenvalue weighted by molar-refractivity contribution is 0.247. The van der Waals surface area contributed by atoms with Gasteiger partial charge in [-0.25, -0.2) is 8.78 Å². The lowest BCUT2D eigenvalue weighted by atomic mass is 10.2. The summed E-state index contributed by atoms with van der Waals surface area (Å²) in [6.45, 7) is 1.95. The SMILES string of the molecule is COc1ccc(P(c2ccc(C)cc2)C(F)F)cc1. The molecular weight excluding hydrogens is 265 g/mol. The van der Waals surface area contributed by atoms with Crippen molar-refractivity contribution in [3.05, 3.63) is 54.1 Å². The Bertz CT molecular complexity index is 523. The number of benzene rings is 2. The summed E-state index contributed by atoms with van der Waals surface area (Å²) in [5.41, 5.74) is 1.07. The number of methoxy groups -OCH3 is 1. The van der Waals surface area contributed by atoms with E-state index in [1.165, 1.54) is 0 Å². The molecule has 0 heterocycles. The molecule has 100 valence electrons. The third kappa shape index (κ3) is 3.30. The third-order valence-electron chi connectivity index (χ3n) is 2.86. The maximum Gasteiger partial charge on any atom is 0.263 e. The van der Waals surface area contributed by atoms with Crippen LogP contribution in [0.15, 0.2) is 48.5 Å². The second-order valence-electron chi connectivity index (χ2n) is 4.18. The Hall–Kier alpha value is -1.47. The third-order valence-corrected chi connectivity index (χ3v) is 4.96. The predicted molar refractivity (Wildman–Crippen MR) is 76.4 cm³/mol. The molecule has 1 atom stereocenters. The number of hydrogen-bond donors (Lipinski definition) is 0. The van der Waals surface area contributed by atoms with Crippen LogP contribution in [-0.4, -0.2) is 13.3 Å². The number of aryl methyl sites for hydroxylation is 1. The van der Waals surface area contributed by atoms with Gasteiger partial charge in [0.15, 0.2) is 0 Å². The fraction of sp³-hybridized carbons (Fsp3) is 0.200. The average molecular weight is 280 g/mol. The van der Waals surface area contributed by atoms with Gasteiger partial charge in [0.1, 0.15) is 5.75 Å². The van der Waals surface area contributed by atoms with Crippen LogP contribution in [0.25, 0.3) is 0 Å². The Balaban J connectivity index is 2.36. The lowest BCUT2D eigenvalue weighted by Gasteiger charge is -2.18. The Morgan fingerprint density at radius 1 is 0.895 bits per heavy atom. The summed E-state index contributed by atoms with van der Waals surface area (Å²) in [5.74, 6) is 0.678. The van der Waals surface area contributed by atoms with Gasteiger partial charge in [-0.05, 0) is 29.7 Å². The van der Waals surface area contributed by atoms with Crippen LogP contribution >= 0.6 is 7.92 Å². The van der Waals surface area contributed by atoms with Crippen molar-refractivity contribution < 1.29 is 13.5 Å². The minimum absolute atomic E-state index is 0.662. The van der Waals surface area contributed by atoms with Crippen LogP contribution in [-0.2, 0) is 0 Å². The number of hydrogen-bond acceptors (Lipinski definition) is 1. The zero-order chi connectivity index (χ0) is 13.8. The molecule has 2 aromatic carbocycles. The summed E-state index contributed by atoms with van der Waals surface area (Å²) in [7, 11) is -0.0681. The summed E-state index contributed by atoms with van der Waals surface area (Å²) < 4.78 is 31.8. The highest BCUT2D eigenvalue weighted by Crippen LogP contribution is 2.41. The Kier molecular flexibility index (Phi) is 4.49. The smallest absolute Gasteiger partial charge is 0.263 e. The van der Waals surface area contributed by atoms with Gasteiger partial charge in [0.2, 0.25) is 0 Å². The molecule has 0 aromatic heterocycles. The minimum Gasteiger partial charge on any atom is -0.497 e. The van der Waals surface area contributed by atoms with Crippen molar-refractivity contribution in [1.29, 1.82) is 0 Å². The molecule has 1 unspecified atom stereocenters. The highest BCUT2D eigenvalue weighted by molar-refractivity contribution is 7.73. The summed E-state index contributed by atoms with van der Waals surface area (Å²) in [6.07, 6.45) is -2.37. The fourth-order valence-corrected chi connectivity index (χ4v) is 3.51. The van der Waals surface area contributed by atoms with Gasteiger partial charge >= 0.3 is 0 Å². The number of rotatable bonds is 4. The topological polar surface area (TPSA) is 9.23 Å². The van der Waals surface area contributed by atoms with Crippen molar-refractivity contribution in [2.45, 2.75) is 13.1 Å². The van der Waals surface area contributed by atoms with Crippen LogP contribution in [0.2, 0.25) is 0 Å².